The molecule has 1 fully saturated rings. The number of rotatable bonds is 5. The highest BCUT2D eigenvalue weighted by molar-refractivity contribution is 5.77. The van der Waals surface area contributed by atoms with Gasteiger partial charge in [0.25, 0.3) is 0 Å². The lowest BCUT2D eigenvalue weighted by molar-refractivity contribution is -0.141. The first kappa shape index (κ1) is 15.0. The van der Waals surface area contributed by atoms with E-state index in [1.165, 1.54) is 0 Å². The predicted octanol–water partition coefficient (Wildman–Crippen LogP) is 1.05. The van der Waals surface area contributed by atoms with Gasteiger partial charge in [0, 0.05) is 31.7 Å². The van der Waals surface area contributed by atoms with Crippen molar-refractivity contribution < 1.29 is 14.1 Å². The highest BCUT2D eigenvalue weighted by Crippen LogP contribution is 2.10. The van der Waals surface area contributed by atoms with Gasteiger partial charge in [-0.2, -0.15) is 0 Å². The molecule has 1 aliphatic rings. The molecule has 0 aliphatic carbocycles. The van der Waals surface area contributed by atoms with Crippen LogP contribution < -0.4 is 0 Å². The standard InChI is InChI=1S/C14H23N3O3/c1-4-16-5-6-17(12(3)8-16)14(18)10-19-9-13-7-11(2)15-20-13/h7,12H,4-6,8-10H2,1-3H3/t12-/m0/s1. The van der Waals surface area contributed by atoms with E-state index in [-0.39, 0.29) is 25.2 Å². The summed E-state index contributed by atoms with van der Waals surface area (Å²) >= 11 is 0. The summed E-state index contributed by atoms with van der Waals surface area (Å²) in [6.45, 7) is 10.1. The molecule has 0 radical (unpaired) electrons. The number of aromatic nitrogens is 1. The second-order valence-corrected chi connectivity index (χ2v) is 5.26. The largest absolute Gasteiger partial charge is 0.364 e. The minimum Gasteiger partial charge on any atom is -0.364 e. The Balaban J connectivity index is 1.74. The zero-order chi connectivity index (χ0) is 14.5. The fraction of sp³-hybridized carbons (Fsp3) is 0.714. The van der Waals surface area contributed by atoms with Crippen LogP contribution in [0.15, 0.2) is 10.6 Å². The Kier molecular flexibility index (Phi) is 5.14. The van der Waals surface area contributed by atoms with Crippen LogP contribution in [0, 0.1) is 6.92 Å². The molecule has 2 rings (SSSR count). The summed E-state index contributed by atoms with van der Waals surface area (Å²) in [7, 11) is 0. The predicted molar refractivity (Wildman–Crippen MR) is 74.2 cm³/mol. The molecule has 0 unspecified atom stereocenters. The molecule has 1 saturated heterocycles. The van der Waals surface area contributed by atoms with Gasteiger partial charge in [0.2, 0.25) is 5.91 Å². The van der Waals surface area contributed by atoms with Crippen molar-refractivity contribution >= 4 is 5.91 Å². The summed E-state index contributed by atoms with van der Waals surface area (Å²) in [4.78, 5) is 16.4. The van der Waals surface area contributed by atoms with Crippen molar-refractivity contribution in [3.05, 3.63) is 17.5 Å². The van der Waals surface area contributed by atoms with Gasteiger partial charge in [0.1, 0.15) is 13.2 Å². The summed E-state index contributed by atoms with van der Waals surface area (Å²) in [5.74, 6) is 0.698. The van der Waals surface area contributed by atoms with Crippen molar-refractivity contribution in [1.29, 1.82) is 0 Å². The number of hydrogen-bond acceptors (Lipinski definition) is 5. The first-order valence-electron chi connectivity index (χ1n) is 7.12. The van der Waals surface area contributed by atoms with Crippen LogP contribution in [0.3, 0.4) is 0 Å². The molecule has 6 heteroatoms. The molecule has 1 aromatic rings. The molecule has 112 valence electrons. The van der Waals surface area contributed by atoms with Crippen molar-refractivity contribution in [3.63, 3.8) is 0 Å². The lowest BCUT2D eigenvalue weighted by Crippen LogP contribution is -2.54. The van der Waals surface area contributed by atoms with E-state index in [0.717, 1.165) is 31.9 Å². The Hall–Kier alpha value is -1.40. The monoisotopic (exact) mass is 281 g/mol. The van der Waals surface area contributed by atoms with Crippen LogP contribution in [0.4, 0.5) is 0 Å². The smallest absolute Gasteiger partial charge is 0.248 e. The van der Waals surface area contributed by atoms with E-state index in [1.54, 1.807) is 0 Å². The average molecular weight is 281 g/mol. The molecule has 20 heavy (non-hydrogen) atoms. The first-order chi connectivity index (χ1) is 9.60. The molecule has 1 aromatic heterocycles. The van der Waals surface area contributed by atoms with Gasteiger partial charge in [-0.15, -0.1) is 0 Å². The maximum Gasteiger partial charge on any atom is 0.248 e. The van der Waals surface area contributed by atoms with E-state index in [9.17, 15) is 4.79 Å². The van der Waals surface area contributed by atoms with E-state index < -0.39 is 0 Å². The van der Waals surface area contributed by atoms with Crippen molar-refractivity contribution in [1.82, 2.24) is 15.0 Å². The normalized spacial score (nSPS) is 20.4. The Morgan fingerprint density at radius 3 is 2.95 bits per heavy atom. The van der Waals surface area contributed by atoms with Gasteiger partial charge in [-0.05, 0) is 20.4 Å². The SMILES string of the molecule is CCN1CCN(C(=O)COCc2cc(C)no2)[C@@H](C)C1. The number of aryl methyl sites for hydroxylation is 1. The molecular formula is C14H23N3O3. The number of likely N-dealkylation sites (N-methyl/N-ethyl adjacent to an activating group) is 1. The van der Waals surface area contributed by atoms with Crippen molar-refractivity contribution in [2.24, 2.45) is 0 Å². The summed E-state index contributed by atoms with van der Waals surface area (Å²) in [5.41, 5.74) is 0.819. The summed E-state index contributed by atoms with van der Waals surface area (Å²) in [5, 5.41) is 3.78. The van der Waals surface area contributed by atoms with Crippen molar-refractivity contribution in [2.45, 2.75) is 33.4 Å². The second kappa shape index (κ2) is 6.85. The highest BCUT2D eigenvalue weighted by atomic mass is 16.5. The summed E-state index contributed by atoms with van der Waals surface area (Å²) < 4.78 is 10.4. The fourth-order valence-corrected chi connectivity index (χ4v) is 2.50. The molecule has 0 spiro atoms. The lowest BCUT2D eigenvalue weighted by atomic mass is 10.2. The van der Waals surface area contributed by atoms with Crippen LogP contribution in [0.25, 0.3) is 0 Å². The number of ether oxygens (including phenoxy) is 1. The number of carbonyl (C=O) groups excluding carboxylic acids is 1. The quantitative estimate of drug-likeness (QED) is 0.807. The maximum atomic E-state index is 12.1. The van der Waals surface area contributed by atoms with Crippen LogP contribution in [0.1, 0.15) is 25.3 Å². The van der Waals surface area contributed by atoms with Crippen molar-refractivity contribution in [2.75, 3.05) is 32.8 Å². The van der Waals surface area contributed by atoms with Crippen LogP contribution >= 0.6 is 0 Å². The Labute approximate surface area is 119 Å². The second-order valence-electron chi connectivity index (χ2n) is 5.26. The van der Waals surface area contributed by atoms with E-state index in [0.29, 0.717) is 5.76 Å². The van der Waals surface area contributed by atoms with E-state index in [2.05, 4.69) is 23.9 Å². The third-order valence-corrected chi connectivity index (χ3v) is 3.63. The fourth-order valence-electron chi connectivity index (χ4n) is 2.50. The zero-order valence-electron chi connectivity index (χ0n) is 12.5. The minimum absolute atomic E-state index is 0.0458. The third-order valence-electron chi connectivity index (χ3n) is 3.63. The Morgan fingerprint density at radius 2 is 2.35 bits per heavy atom. The van der Waals surface area contributed by atoms with Crippen LogP contribution in [0.2, 0.25) is 0 Å². The maximum absolute atomic E-state index is 12.1. The first-order valence-corrected chi connectivity index (χ1v) is 7.12. The summed E-state index contributed by atoms with van der Waals surface area (Å²) in [6, 6.07) is 2.06. The van der Waals surface area contributed by atoms with E-state index in [4.69, 9.17) is 9.26 Å². The molecule has 0 saturated carbocycles. The molecule has 2 heterocycles. The minimum atomic E-state index is 0.0458. The highest BCUT2D eigenvalue weighted by Gasteiger charge is 2.26. The van der Waals surface area contributed by atoms with Gasteiger partial charge >= 0.3 is 0 Å². The number of carbonyl (C=O) groups is 1. The summed E-state index contributed by atoms with van der Waals surface area (Å²) in [6.07, 6.45) is 0. The number of amides is 1. The van der Waals surface area contributed by atoms with Gasteiger partial charge in [0.05, 0.1) is 5.69 Å². The molecule has 1 amide bonds. The zero-order valence-corrected chi connectivity index (χ0v) is 12.5. The van der Waals surface area contributed by atoms with Gasteiger partial charge in [-0.1, -0.05) is 12.1 Å². The molecule has 1 atom stereocenters. The van der Waals surface area contributed by atoms with Crippen LogP contribution in [-0.2, 0) is 16.1 Å². The number of hydrogen-bond donors (Lipinski definition) is 0. The Morgan fingerprint density at radius 1 is 1.55 bits per heavy atom. The Bertz CT molecular complexity index is 447. The molecule has 0 N–H and O–H groups in total. The third kappa shape index (κ3) is 3.80. The number of piperazine rings is 1. The average Bonchev–Trinajstić information content (AvgIpc) is 2.84. The molecule has 0 bridgehead atoms. The molecule has 6 nitrogen and oxygen atoms in total. The van der Waals surface area contributed by atoms with Gasteiger partial charge in [-0.25, -0.2) is 0 Å². The van der Waals surface area contributed by atoms with Crippen molar-refractivity contribution in [3.8, 4) is 0 Å². The van der Waals surface area contributed by atoms with Crippen LogP contribution in [0.5, 0.6) is 0 Å². The van der Waals surface area contributed by atoms with E-state index >= 15 is 0 Å². The molecular weight excluding hydrogens is 258 g/mol. The van der Waals surface area contributed by atoms with Gasteiger partial charge in [0.15, 0.2) is 5.76 Å². The van der Waals surface area contributed by atoms with Crippen LogP contribution in [-0.4, -0.2) is 59.7 Å². The number of nitrogens with zero attached hydrogens (tertiary/aromatic N) is 3. The molecule has 1 aliphatic heterocycles. The van der Waals surface area contributed by atoms with E-state index in [1.807, 2.05) is 17.9 Å². The van der Waals surface area contributed by atoms with Gasteiger partial charge < -0.3 is 14.2 Å². The topological polar surface area (TPSA) is 58.8 Å². The molecule has 0 aromatic carbocycles. The van der Waals surface area contributed by atoms with Gasteiger partial charge in [-0.3, -0.25) is 9.69 Å². The lowest BCUT2D eigenvalue weighted by Gasteiger charge is -2.39.